The number of rotatable bonds is 1. The van der Waals surface area contributed by atoms with Crippen molar-refractivity contribution in [2.75, 3.05) is 0 Å². The maximum atomic E-state index is 11.4. The average Bonchev–Trinajstić information content (AvgIpc) is 2.11. The third-order valence-electron chi connectivity index (χ3n) is 1.94. The molecule has 0 radical (unpaired) electrons. The van der Waals surface area contributed by atoms with Crippen LogP contribution in [0.15, 0.2) is 0 Å². The zero-order valence-corrected chi connectivity index (χ0v) is 8.94. The highest BCUT2D eigenvalue weighted by atomic mass is 35.5. The molecule has 14 heavy (non-hydrogen) atoms. The average molecular weight is 235 g/mol. The minimum absolute atomic E-state index is 0.156. The van der Waals surface area contributed by atoms with Crippen molar-refractivity contribution in [1.82, 2.24) is 0 Å². The number of benzene rings is 1. The summed E-state index contributed by atoms with van der Waals surface area (Å²) in [5, 5.41) is 21.9. The van der Waals surface area contributed by atoms with Crippen LogP contribution in [0.25, 0.3) is 0 Å². The molecular formula is C8H6Cl2NO3-. The van der Waals surface area contributed by atoms with Crippen molar-refractivity contribution in [2.24, 2.45) is 0 Å². The molecule has 0 fully saturated rings. The van der Waals surface area contributed by atoms with Gasteiger partial charge in [0, 0.05) is 10.6 Å². The third kappa shape index (κ3) is 1.51. The van der Waals surface area contributed by atoms with Crippen molar-refractivity contribution in [3.05, 3.63) is 31.3 Å². The smallest absolute Gasteiger partial charge is 0.267 e. The zero-order valence-electron chi connectivity index (χ0n) is 7.43. The molecule has 1 aromatic carbocycles. The van der Waals surface area contributed by atoms with Crippen molar-refractivity contribution in [3.63, 3.8) is 0 Å². The van der Waals surface area contributed by atoms with Gasteiger partial charge in [0.05, 0.1) is 9.95 Å². The van der Waals surface area contributed by atoms with Crippen molar-refractivity contribution in [1.29, 1.82) is 0 Å². The van der Waals surface area contributed by atoms with E-state index in [1.54, 1.807) is 6.92 Å². The van der Waals surface area contributed by atoms with Crippen LogP contribution in [0.5, 0.6) is 5.75 Å². The van der Waals surface area contributed by atoms with E-state index < -0.39 is 16.4 Å². The van der Waals surface area contributed by atoms with Crippen LogP contribution in [0, 0.1) is 24.0 Å². The van der Waals surface area contributed by atoms with Gasteiger partial charge in [-0.2, -0.15) is 0 Å². The molecule has 0 amide bonds. The second kappa shape index (κ2) is 3.63. The quantitative estimate of drug-likeness (QED) is 0.554. The van der Waals surface area contributed by atoms with E-state index in [1.165, 1.54) is 6.92 Å². The van der Waals surface area contributed by atoms with Gasteiger partial charge in [-0.3, -0.25) is 10.1 Å². The van der Waals surface area contributed by atoms with Gasteiger partial charge >= 0.3 is 0 Å². The summed E-state index contributed by atoms with van der Waals surface area (Å²) in [4.78, 5) is 9.78. The number of nitrogens with zero attached hydrogens (tertiary/aromatic N) is 1. The Morgan fingerprint density at radius 3 is 2.07 bits per heavy atom. The van der Waals surface area contributed by atoms with Crippen molar-refractivity contribution < 1.29 is 10.0 Å². The predicted octanol–water partition coefficient (Wildman–Crippen LogP) is 2.59. The Hall–Kier alpha value is -1.00. The number of nitro benzene ring substituents is 1. The first-order valence-electron chi connectivity index (χ1n) is 3.67. The SMILES string of the molecule is Cc1c(Cl)c(C)c([N+](=O)[O-])c([O-])c1Cl. The predicted molar refractivity (Wildman–Crippen MR) is 52.0 cm³/mol. The van der Waals surface area contributed by atoms with E-state index in [-0.39, 0.29) is 15.6 Å². The summed E-state index contributed by atoms with van der Waals surface area (Å²) in [6.07, 6.45) is 0. The van der Waals surface area contributed by atoms with Crippen LogP contribution in [-0.4, -0.2) is 4.92 Å². The van der Waals surface area contributed by atoms with Crippen molar-refractivity contribution >= 4 is 28.9 Å². The molecule has 4 nitrogen and oxygen atoms in total. The Labute approximate surface area is 90.2 Å². The number of hydrogen-bond acceptors (Lipinski definition) is 3. The van der Waals surface area contributed by atoms with Crippen LogP contribution in [-0.2, 0) is 0 Å². The Bertz CT molecular complexity index is 389. The Morgan fingerprint density at radius 1 is 1.14 bits per heavy atom. The minimum atomic E-state index is -0.781. The lowest BCUT2D eigenvalue weighted by atomic mass is 10.1. The molecule has 0 aliphatic carbocycles. The number of nitro groups is 1. The summed E-state index contributed by atoms with van der Waals surface area (Å²) in [7, 11) is 0. The van der Waals surface area contributed by atoms with Crippen LogP contribution in [0.3, 0.4) is 0 Å². The highest BCUT2D eigenvalue weighted by Crippen LogP contribution is 2.41. The summed E-state index contributed by atoms with van der Waals surface area (Å²) in [6.45, 7) is 2.97. The Morgan fingerprint density at radius 2 is 1.64 bits per heavy atom. The lowest BCUT2D eigenvalue weighted by molar-refractivity contribution is -0.398. The maximum absolute atomic E-state index is 11.4. The maximum Gasteiger partial charge on any atom is 0.267 e. The second-order valence-corrected chi connectivity index (χ2v) is 3.57. The summed E-state index contributed by atoms with van der Waals surface area (Å²) in [5.41, 5.74) is -0.0180. The largest absolute Gasteiger partial charge is 0.867 e. The molecule has 0 heterocycles. The molecule has 1 aromatic rings. The number of hydrogen-bond donors (Lipinski definition) is 0. The molecule has 0 spiro atoms. The van der Waals surface area contributed by atoms with Crippen LogP contribution in [0.4, 0.5) is 5.69 Å². The van der Waals surface area contributed by atoms with E-state index >= 15 is 0 Å². The van der Waals surface area contributed by atoms with Crippen molar-refractivity contribution in [2.45, 2.75) is 13.8 Å². The molecule has 0 N–H and O–H groups in total. The highest BCUT2D eigenvalue weighted by molar-refractivity contribution is 6.37. The van der Waals surface area contributed by atoms with Gasteiger partial charge in [-0.25, -0.2) is 0 Å². The molecule has 76 valence electrons. The van der Waals surface area contributed by atoms with Gasteiger partial charge in [-0.05, 0) is 25.2 Å². The molecule has 6 heteroatoms. The molecule has 0 unspecified atom stereocenters. The van der Waals surface area contributed by atoms with Gasteiger partial charge in [0.25, 0.3) is 5.69 Å². The Balaban J connectivity index is 3.68. The van der Waals surface area contributed by atoms with E-state index in [4.69, 9.17) is 23.2 Å². The topological polar surface area (TPSA) is 66.2 Å². The molecular weight excluding hydrogens is 229 g/mol. The summed E-state index contributed by atoms with van der Waals surface area (Å²) < 4.78 is 0. The molecule has 0 atom stereocenters. The molecule has 0 aromatic heterocycles. The first kappa shape index (κ1) is 11.1. The number of halogens is 2. The molecule has 0 saturated carbocycles. The first-order chi connectivity index (χ1) is 6.37. The molecule has 0 aliphatic heterocycles. The third-order valence-corrected chi connectivity index (χ3v) is 2.96. The zero-order chi connectivity index (χ0) is 11.0. The van der Waals surface area contributed by atoms with Gasteiger partial charge in [0.2, 0.25) is 0 Å². The van der Waals surface area contributed by atoms with E-state index in [0.717, 1.165) is 0 Å². The lowest BCUT2D eigenvalue weighted by Crippen LogP contribution is -2.03. The van der Waals surface area contributed by atoms with Crippen molar-refractivity contribution in [3.8, 4) is 5.75 Å². The van der Waals surface area contributed by atoms with Crippen LogP contribution >= 0.6 is 23.2 Å². The van der Waals surface area contributed by atoms with Gasteiger partial charge in [-0.15, -0.1) is 0 Å². The molecule has 0 saturated heterocycles. The summed E-state index contributed by atoms with van der Waals surface area (Å²) >= 11 is 11.4. The minimum Gasteiger partial charge on any atom is -0.867 e. The van der Waals surface area contributed by atoms with Crippen LogP contribution < -0.4 is 5.11 Å². The van der Waals surface area contributed by atoms with Gasteiger partial charge in [0.15, 0.2) is 0 Å². The van der Waals surface area contributed by atoms with Crippen LogP contribution in [0.1, 0.15) is 11.1 Å². The fourth-order valence-corrected chi connectivity index (χ4v) is 1.56. The lowest BCUT2D eigenvalue weighted by Gasteiger charge is -2.15. The van der Waals surface area contributed by atoms with E-state index in [1.807, 2.05) is 0 Å². The van der Waals surface area contributed by atoms with E-state index in [9.17, 15) is 15.2 Å². The second-order valence-electron chi connectivity index (χ2n) is 2.81. The normalized spacial score (nSPS) is 10.3. The standard InChI is InChI=1S/C8H7Cl2NO3/c1-3-5(9)4(2)7(11(13)14)8(12)6(3)10/h12H,1-2H3/p-1. The Kier molecular flexibility index (Phi) is 2.87. The highest BCUT2D eigenvalue weighted by Gasteiger charge is 2.19. The monoisotopic (exact) mass is 234 g/mol. The molecule has 0 aliphatic rings. The van der Waals surface area contributed by atoms with Gasteiger partial charge in [-0.1, -0.05) is 23.2 Å². The van der Waals surface area contributed by atoms with Crippen LogP contribution in [0.2, 0.25) is 10.0 Å². The van der Waals surface area contributed by atoms with E-state index in [0.29, 0.717) is 5.56 Å². The summed E-state index contributed by atoms with van der Waals surface area (Å²) in [5.74, 6) is -0.781. The first-order valence-corrected chi connectivity index (χ1v) is 4.43. The molecule has 0 bridgehead atoms. The van der Waals surface area contributed by atoms with Gasteiger partial charge in [0.1, 0.15) is 0 Å². The summed E-state index contributed by atoms with van der Waals surface area (Å²) in [6, 6.07) is 0. The van der Waals surface area contributed by atoms with Gasteiger partial charge < -0.3 is 5.11 Å². The molecule has 1 rings (SSSR count). The fourth-order valence-electron chi connectivity index (χ4n) is 1.15. The fraction of sp³-hybridized carbons (Fsp3) is 0.250. The van der Waals surface area contributed by atoms with E-state index in [2.05, 4.69) is 0 Å².